The lowest BCUT2D eigenvalue weighted by Gasteiger charge is -2.18. The fraction of sp³-hybridized carbons (Fsp3) is 0.250. The third-order valence-corrected chi connectivity index (χ3v) is 4.55. The summed E-state index contributed by atoms with van der Waals surface area (Å²) in [6, 6.07) is 12.0. The second-order valence-corrected chi connectivity index (χ2v) is 6.40. The summed E-state index contributed by atoms with van der Waals surface area (Å²) in [7, 11) is 1.42. The Hall–Kier alpha value is -3.35. The van der Waals surface area contributed by atoms with Crippen LogP contribution in [0.25, 0.3) is 0 Å². The third-order valence-electron chi connectivity index (χ3n) is 4.55. The molecule has 1 aliphatic rings. The molecule has 1 atom stereocenters. The quantitative estimate of drug-likeness (QED) is 0.846. The molecular formula is C20H20N2O5. The van der Waals surface area contributed by atoms with Crippen molar-refractivity contribution in [3.8, 4) is 5.75 Å². The standard InChI is InChI=1S/C20H20N2O5/c1-12(23)21-15-4-6-16(7-5-15)22-11-14(10-19(22)24)13-3-8-17(20(25)26)18(9-13)27-2/h3-9,14H,10-11H2,1-2H3,(H,21,23)(H,25,26). The first kappa shape index (κ1) is 18.4. The summed E-state index contributed by atoms with van der Waals surface area (Å²) >= 11 is 0. The minimum absolute atomic E-state index is 0.00597. The molecule has 1 heterocycles. The van der Waals surface area contributed by atoms with E-state index in [-0.39, 0.29) is 29.0 Å². The van der Waals surface area contributed by atoms with Crippen molar-refractivity contribution in [1.82, 2.24) is 0 Å². The van der Waals surface area contributed by atoms with E-state index in [4.69, 9.17) is 4.74 Å². The molecule has 7 heteroatoms. The number of anilines is 2. The van der Waals surface area contributed by atoms with E-state index in [0.717, 1.165) is 11.3 Å². The molecular weight excluding hydrogens is 348 g/mol. The van der Waals surface area contributed by atoms with E-state index in [1.165, 1.54) is 20.1 Å². The Morgan fingerprint density at radius 3 is 2.48 bits per heavy atom. The van der Waals surface area contributed by atoms with Crippen LogP contribution in [0.3, 0.4) is 0 Å². The van der Waals surface area contributed by atoms with Gasteiger partial charge in [0.15, 0.2) is 0 Å². The Balaban J connectivity index is 1.79. The molecule has 2 aromatic carbocycles. The van der Waals surface area contributed by atoms with Gasteiger partial charge in [-0.15, -0.1) is 0 Å². The third kappa shape index (κ3) is 3.92. The first-order chi connectivity index (χ1) is 12.9. The van der Waals surface area contributed by atoms with E-state index in [2.05, 4.69) is 5.32 Å². The largest absolute Gasteiger partial charge is 0.496 e. The second kappa shape index (κ2) is 7.49. The van der Waals surface area contributed by atoms with E-state index in [1.807, 2.05) is 0 Å². The zero-order chi connectivity index (χ0) is 19.6. The first-order valence-corrected chi connectivity index (χ1v) is 8.48. The van der Waals surface area contributed by atoms with Gasteiger partial charge in [0, 0.05) is 37.2 Å². The molecule has 7 nitrogen and oxygen atoms in total. The Morgan fingerprint density at radius 2 is 1.89 bits per heavy atom. The predicted molar refractivity (Wildman–Crippen MR) is 100 cm³/mol. The summed E-state index contributed by atoms with van der Waals surface area (Å²) in [4.78, 5) is 36.5. The van der Waals surface area contributed by atoms with Crippen LogP contribution in [0.15, 0.2) is 42.5 Å². The first-order valence-electron chi connectivity index (χ1n) is 8.48. The number of carbonyl (C=O) groups excluding carboxylic acids is 2. The highest BCUT2D eigenvalue weighted by molar-refractivity contribution is 5.97. The Labute approximate surface area is 156 Å². The van der Waals surface area contributed by atoms with Crippen molar-refractivity contribution in [2.75, 3.05) is 23.9 Å². The fourth-order valence-electron chi connectivity index (χ4n) is 3.25. The molecule has 0 saturated carbocycles. The van der Waals surface area contributed by atoms with Gasteiger partial charge < -0.3 is 20.1 Å². The van der Waals surface area contributed by atoms with Crippen LogP contribution in [0.5, 0.6) is 5.75 Å². The normalized spacial score (nSPS) is 16.3. The molecule has 27 heavy (non-hydrogen) atoms. The Morgan fingerprint density at radius 1 is 1.19 bits per heavy atom. The van der Waals surface area contributed by atoms with Crippen molar-refractivity contribution in [1.29, 1.82) is 0 Å². The minimum Gasteiger partial charge on any atom is -0.496 e. The average molecular weight is 368 g/mol. The maximum atomic E-state index is 12.5. The Bertz CT molecular complexity index is 892. The van der Waals surface area contributed by atoms with E-state index in [0.29, 0.717) is 18.7 Å². The summed E-state index contributed by atoms with van der Waals surface area (Å²) in [6.45, 7) is 1.93. The van der Waals surface area contributed by atoms with E-state index >= 15 is 0 Å². The number of nitrogens with zero attached hydrogens (tertiary/aromatic N) is 1. The highest BCUT2D eigenvalue weighted by Gasteiger charge is 2.32. The molecule has 0 spiro atoms. The summed E-state index contributed by atoms with van der Waals surface area (Å²) in [6.07, 6.45) is 0.336. The lowest BCUT2D eigenvalue weighted by atomic mass is 9.96. The number of carbonyl (C=O) groups is 3. The van der Waals surface area contributed by atoms with Gasteiger partial charge in [-0.2, -0.15) is 0 Å². The number of nitrogens with one attached hydrogen (secondary N) is 1. The molecule has 140 valence electrons. The number of amides is 2. The molecule has 1 saturated heterocycles. The smallest absolute Gasteiger partial charge is 0.339 e. The number of hydrogen-bond donors (Lipinski definition) is 2. The SMILES string of the molecule is COc1cc(C2CC(=O)N(c3ccc(NC(C)=O)cc3)C2)ccc1C(=O)O. The molecule has 1 unspecified atom stereocenters. The van der Waals surface area contributed by atoms with Gasteiger partial charge >= 0.3 is 5.97 Å². The van der Waals surface area contributed by atoms with Crippen LogP contribution in [0.1, 0.15) is 35.2 Å². The Kier molecular flexibility index (Phi) is 5.12. The van der Waals surface area contributed by atoms with Gasteiger partial charge in [0.1, 0.15) is 11.3 Å². The number of rotatable bonds is 5. The van der Waals surface area contributed by atoms with Gasteiger partial charge in [0.2, 0.25) is 11.8 Å². The average Bonchev–Trinajstić information content (AvgIpc) is 3.03. The summed E-state index contributed by atoms with van der Waals surface area (Å²) in [5.74, 6) is -0.982. The summed E-state index contributed by atoms with van der Waals surface area (Å²) in [5.41, 5.74) is 2.38. The maximum Gasteiger partial charge on any atom is 0.339 e. The number of carboxylic acids is 1. The lowest BCUT2D eigenvalue weighted by Crippen LogP contribution is -2.24. The number of hydrogen-bond acceptors (Lipinski definition) is 4. The van der Waals surface area contributed by atoms with Crippen LogP contribution in [0.2, 0.25) is 0 Å². The van der Waals surface area contributed by atoms with Crippen molar-refractivity contribution in [3.05, 3.63) is 53.6 Å². The zero-order valence-electron chi connectivity index (χ0n) is 15.1. The molecule has 1 fully saturated rings. The molecule has 2 N–H and O–H groups in total. The zero-order valence-corrected chi connectivity index (χ0v) is 15.1. The minimum atomic E-state index is -1.05. The van der Waals surface area contributed by atoms with Crippen LogP contribution in [0.4, 0.5) is 11.4 Å². The van der Waals surface area contributed by atoms with Crippen LogP contribution >= 0.6 is 0 Å². The topological polar surface area (TPSA) is 95.9 Å². The fourth-order valence-corrected chi connectivity index (χ4v) is 3.25. The van der Waals surface area contributed by atoms with Gasteiger partial charge in [-0.3, -0.25) is 9.59 Å². The molecule has 0 aromatic heterocycles. The molecule has 0 radical (unpaired) electrons. The van der Waals surface area contributed by atoms with Crippen LogP contribution in [0, 0.1) is 0 Å². The number of aromatic carboxylic acids is 1. The van der Waals surface area contributed by atoms with Crippen molar-refractivity contribution >= 4 is 29.2 Å². The second-order valence-electron chi connectivity index (χ2n) is 6.40. The number of carboxylic acid groups (broad SMARTS) is 1. The van der Waals surface area contributed by atoms with Gasteiger partial charge in [-0.1, -0.05) is 6.07 Å². The molecule has 0 bridgehead atoms. The van der Waals surface area contributed by atoms with Crippen LogP contribution in [-0.4, -0.2) is 36.5 Å². The van der Waals surface area contributed by atoms with Gasteiger partial charge in [-0.25, -0.2) is 4.79 Å². The van der Waals surface area contributed by atoms with Crippen LogP contribution < -0.4 is 15.0 Å². The van der Waals surface area contributed by atoms with Gasteiger partial charge in [0.25, 0.3) is 0 Å². The lowest BCUT2D eigenvalue weighted by molar-refractivity contribution is -0.117. The molecule has 2 aromatic rings. The predicted octanol–water partition coefficient (Wildman–Crippen LogP) is 2.87. The highest BCUT2D eigenvalue weighted by Crippen LogP contribution is 2.34. The maximum absolute atomic E-state index is 12.5. The van der Waals surface area contributed by atoms with Gasteiger partial charge in [-0.05, 0) is 42.0 Å². The molecule has 2 amide bonds. The van der Waals surface area contributed by atoms with Crippen LogP contribution in [-0.2, 0) is 9.59 Å². The van der Waals surface area contributed by atoms with Crippen molar-refractivity contribution < 1.29 is 24.2 Å². The summed E-state index contributed by atoms with van der Waals surface area (Å²) < 4.78 is 5.18. The summed E-state index contributed by atoms with van der Waals surface area (Å²) in [5, 5.41) is 11.9. The van der Waals surface area contributed by atoms with Crippen molar-refractivity contribution in [2.24, 2.45) is 0 Å². The molecule has 1 aliphatic heterocycles. The van der Waals surface area contributed by atoms with E-state index in [1.54, 1.807) is 41.3 Å². The molecule has 3 rings (SSSR count). The van der Waals surface area contributed by atoms with Crippen molar-refractivity contribution in [3.63, 3.8) is 0 Å². The number of ether oxygens (including phenoxy) is 1. The van der Waals surface area contributed by atoms with Gasteiger partial charge in [0.05, 0.1) is 7.11 Å². The van der Waals surface area contributed by atoms with E-state index < -0.39 is 5.97 Å². The monoisotopic (exact) mass is 368 g/mol. The van der Waals surface area contributed by atoms with E-state index in [9.17, 15) is 19.5 Å². The van der Waals surface area contributed by atoms with Crippen molar-refractivity contribution in [2.45, 2.75) is 19.3 Å². The number of benzene rings is 2. The number of methoxy groups -OCH3 is 1. The highest BCUT2D eigenvalue weighted by atomic mass is 16.5. The molecule has 0 aliphatic carbocycles.